The molecule has 0 aromatic carbocycles. The summed E-state index contributed by atoms with van der Waals surface area (Å²) in [6, 6.07) is 0.623. The molecule has 0 aromatic heterocycles. The molecule has 0 spiro atoms. The van der Waals surface area contributed by atoms with E-state index in [1.165, 1.54) is 0 Å². The molecule has 1 aliphatic rings. The molecule has 1 fully saturated rings. The van der Waals surface area contributed by atoms with Crippen LogP contribution in [0.5, 0.6) is 0 Å². The standard InChI is InChI=1S/C13H25NO2/c1-5-10(3)14(11(4)6-2)13(15)12-8-7-9-16-12/h10-12H,5-9H2,1-4H3/t10-,11-,12+/m0/s1. The minimum atomic E-state index is -0.178. The number of nitrogens with zero attached hydrogens (tertiary/aromatic N) is 1. The first kappa shape index (κ1) is 13.5. The molecule has 0 aromatic rings. The molecule has 0 aliphatic carbocycles. The molecule has 0 radical (unpaired) electrons. The van der Waals surface area contributed by atoms with Crippen LogP contribution >= 0.6 is 0 Å². The van der Waals surface area contributed by atoms with Crippen molar-refractivity contribution >= 4 is 5.91 Å². The minimum Gasteiger partial charge on any atom is -0.368 e. The zero-order valence-electron chi connectivity index (χ0n) is 11.0. The lowest BCUT2D eigenvalue weighted by molar-refractivity contribution is -0.145. The van der Waals surface area contributed by atoms with Crippen molar-refractivity contribution in [2.45, 2.75) is 71.6 Å². The molecule has 1 saturated heterocycles. The second-order valence-electron chi connectivity index (χ2n) is 4.76. The van der Waals surface area contributed by atoms with Gasteiger partial charge in [0.2, 0.25) is 0 Å². The summed E-state index contributed by atoms with van der Waals surface area (Å²) in [5.41, 5.74) is 0. The van der Waals surface area contributed by atoms with Gasteiger partial charge in [0.15, 0.2) is 0 Å². The van der Waals surface area contributed by atoms with Crippen LogP contribution in [0.4, 0.5) is 0 Å². The number of rotatable bonds is 5. The first-order valence-electron chi connectivity index (χ1n) is 6.55. The highest BCUT2D eigenvalue weighted by Crippen LogP contribution is 2.20. The van der Waals surface area contributed by atoms with Gasteiger partial charge in [0.05, 0.1) is 0 Å². The van der Waals surface area contributed by atoms with Crippen molar-refractivity contribution in [1.82, 2.24) is 4.90 Å². The minimum absolute atomic E-state index is 0.178. The number of carbonyl (C=O) groups excluding carboxylic acids is 1. The van der Waals surface area contributed by atoms with E-state index in [9.17, 15) is 4.79 Å². The number of amides is 1. The van der Waals surface area contributed by atoms with Crippen LogP contribution in [-0.2, 0) is 9.53 Å². The van der Waals surface area contributed by atoms with Gasteiger partial charge in [-0.1, -0.05) is 13.8 Å². The Morgan fingerprint density at radius 3 is 2.25 bits per heavy atom. The molecule has 0 N–H and O–H groups in total. The zero-order chi connectivity index (χ0) is 12.1. The highest BCUT2D eigenvalue weighted by Gasteiger charge is 2.32. The van der Waals surface area contributed by atoms with Crippen molar-refractivity contribution in [3.05, 3.63) is 0 Å². The molecule has 0 bridgehead atoms. The average Bonchev–Trinajstić information content (AvgIpc) is 2.81. The van der Waals surface area contributed by atoms with Crippen LogP contribution in [0, 0.1) is 0 Å². The normalized spacial score (nSPS) is 24.1. The second kappa shape index (κ2) is 6.24. The van der Waals surface area contributed by atoms with E-state index in [1.54, 1.807) is 0 Å². The SMILES string of the molecule is CC[C@H](C)N(C(=O)[C@H]1CCCO1)[C@@H](C)CC. The van der Waals surface area contributed by atoms with Gasteiger partial charge in [0.25, 0.3) is 5.91 Å². The highest BCUT2D eigenvalue weighted by molar-refractivity contribution is 5.81. The van der Waals surface area contributed by atoms with E-state index >= 15 is 0 Å². The third kappa shape index (κ3) is 2.97. The Morgan fingerprint density at radius 2 is 1.88 bits per heavy atom. The van der Waals surface area contributed by atoms with Crippen LogP contribution in [-0.4, -0.2) is 35.6 Å². The lowest BCUT2D eigenvalue weighted by Gasteiger charge is -2.35. The Morgan fingerprint density at radius 1 is 1.31 bits per heavy atom. The molecule has 1 amide bonds. The lowest BCUT2D eigenvalue weighted by Crippen LogP contribution is -2.48. The molecule has 0 saturated carbocycles. The fourth-order valence-corrected chi connectivity index (χ4v) is 2.20. The topological polar surface area (TPSA) is 29.5 Å². The van der Waals surface area contributed by atoms with Crippen LogP contribution < -0.4 is 0 Å². The maximum Gasteiger partial charge on any atom is 0.252 e. The first-order chi connectivity index (χ1) is 7.61. The van der Waals surface area contributed by atoms with Crippen LogP contribution in [0.25, 0.3) is 0 Å². The summed E-state index contributed by atoms with van der Waals surface area (Å²) in [6.45, 7) is 9.24. The van der Waals surface area contributed by atoms with E-state index in [4.69, 9.17) is 4.74 Å². The Labute approximate surface area is 99.1 Å². The largest absolute Gasteiger partial charge is 0.368 e. The van der Waals surface area contributed by atoms with Gasteiger partial charge in [-0.3, -0.25) is 4.79 Å². The molecule has 1 aliphatic heterocycles. The van der Waals surface area contributed by atoms with E-state index in [-0.39, 0.29) is 12.0 Å². The monoisotopic (exact) mass is 227 g/mol. The van der Waals surface area contributed by atoms with Crippen molar-refractivity contribution in [3.8, 4) is 0 Å². The van der Waals surface area contributed by atoms with Crippen LogP contribution in [0.2, 0.25) is 0 Å². The molecule has 1 rings (SSSR count). The summed E-state index contributed by atoms with van der Waals surface area (Å²) < 4.78 is 5.49. The lowest BCUT2D eigenvalue weighted by atomic mass is 10.1. The van der Waals surface area contributed by atoms with Gasteiger partial charge >= 0.3 is 0 Å². The Kier molecular flexibility index (Phi) is 5.26. The van der Waals surface area contributed by atoms with Gasteiger partial charge in [0.1, 0.15) is 6.10 Å². The highest BCUT2D eigenvalue weighted by atomic mass is 16.5. The van der Waals surface area contributed by atoms with Gasteiger partial charge in [-0.25, -0.2) is 0 Å². The van der Waals surface area contributed by atoms with E-state index in [1.807, 2.05) is 4.90 Å². The third-order valence-corrected chi connectivity index (χ3v) is 3.59. The average molecular weight is 227 g/mol. The van der Waals surface area contributed by atoms with E-state index in [0.717, 1.165) is 32.3 Å². The molecule has 3 atom stereocenters. The number of carbonyl (C=O) groups is 1. The molecular weight excluding hydrogens is 202 g/mol. The predicted octanol–water partition coefficient (Wildman–Crippen LogP) is 2.59. The quantitative estimate of drug-likeness (QED) is 0.722. The Bertz CT molecular complexity index is 214. The van der Waals surface area contributed by atoms with Gasteiger partial charge in [-0.05, 0) is 39.5 Å². The number of ether oxygens (including phenoxy) is 1. The maximum atomic E-state index is 12.3. The van der Waals surface area contributed by atoms with E-state index < -0.39 is 0 Å². The van der Waals surface area contributed by atoms with Crippen LogP contribution in [0.15, 0.2) is 0 Å². The summed E-state index contributed by atoms with van der Waals surface area (Å²) in [5, 5.41) is 0. The molecule has 94 valence electrons. The molecule has 3 heteroatoms. The maximum absolute atomic E-state index is 12.3. The Hall–Kier alpha value is -0.570. The van der Waals surface area contributed by atoms with Crippen molar-refractivity contribution in [1.29, 1.82) is 0 Å². The fraction of sp³-hybridized carbons (Fsp3) is 0.923. The summed E-state index contributed by atoms with van der Waals surface area (Å²) in [6.07, 6.45) is 3.74. The van der Waals surface area contributed by atoms with Crippen molar-refractivity contribution < 1.29 is 9.53 Å². The van der Waals surface area contributed by atoms with Gasteiger partial charge in [-0.2, -0.15) is 0 Å². The van der Waals surface area contributed by atoms with Crippen LogP contribution in [0.3, 0.4) is 0 Å². The molecule has 1 heterocycles. The van der Waals surface area contributed by atoms with Gasteiger partial charge in [-0.15, -0.1) is 0 Å². The van der Waals surface area contributed by atoms with E-state index in [0.29, 0.717) is 12.1 Å². The van der Waals surface area contributed by atoms with Gasteiger partial charge < -0.3 is 9.64 Å². The van der Waals surface area contributed by atoms with Crippen molar-refractivity contribution in [2.75, 3.05) is 6.61 Å². The summed E-state index contributed by atoms with van der Waals surface area (Å²) >= 11 is 0. The second-order valence-corrected chi connectivity index (χ2v) is 4.76. The number of hydrogen-bond acceptors (Lipinski definition) is 2. The summed E-state index contributed by atoms with van der Waals surface area (Å²) in [7, 11) is 0. The van der Waals surface area contributed by atoms with Crippen molar-refractivity contribution in [2.24, 2.45) is 0 Å². The van der Waals surface area contributed by atoms with Crippen molar-refractivity contribution in [3.63, 3.8) is 0 Å². The fourth-order valence-electron chi connectivity index (χ4n) is 2.20. The molecular formula is C13H25NO2. The smallest absolute Gasteiger partial charge is 0.252 e. The summed E-state index contributed by atoms with van der Waals surface area (Å²) in [5.74, 6) is 0.196. The first-order valence-corrected chi connectivity index (χ1v) is 6.55. The van der Waals surface area contributed by atoms with E-state index in [2.05, 4.69) is 27.7 Å². The van der Waals surface area contributed by atoms with Gasteiger partial charge in [0, 0.05) is 18.7 Å². The third-order valence-electron chi connectivity index (χ3n) is 3.59. The van der Waals surface area contributed by atoms with Crippen LogP contribution in [0.1, 0.15) is 53.4 Å². The molecule has 3 nitrogen and oxygen atoms in total. The zero-order valence-corrected chi connectivity index (χ0v) is 11.0. The molecule has 0 unspecified atom stereocenters. The summed E-state index contributed by atoms with van der Waals surface area (Å²) in [4.78, 5) is 14.4. The number of hydrogen-bond donors (Lipinski definition) is 0. The Balaban J connectivity index is 2.70. The predicted molar refractivity (Wildman–Crippen MR) is 65.3 cm³/mol. The molecule has 16 heavy (non-hydrogen) atoms.